The van der Waals surface area contributed by atoms with Crippen molar-refractivity contribution in [3.8, 4) is 0 Å². The second kappa shape index (κ2) is 4.67. The van der Waals surface area contributed by atoms with Gasteiger partial charge in [0, 0.05) is 19.0 Å². The zero-order valence-corrected chi connectivity index (χ0v) is 9.28. The van der Waals surface area contributed by atoms with Gasteiger partial charge in [0.25, 0.3) is 0 Å². The molecule has 80 valence electrons. The summed E-state index contributed by atoms with van der Waals surface area (Å²) in [5.41, 5.74) is 1.31. The van der Waals surface area contributed by atoms with Gasteiger partial charge in [-0.1, -0.05) is 30.3 Å². The molecule has 0 unspecified atom stereocenters. The maximum atomic E-state index is 11.1. The van der Waals surface area contributed by atoms with Crippen molar-refractivity contribution in [2.45, 2.75) is 18.8 Å². The third-order valence-electron chi connectivity index (χ3n) is 2.94. The van der Waals surface area contributed by atoms with Gasteiger partial charge < -0.3 is 4.90 Å². The van der Waals surface area contributed by atoms with Gasteiger partial charge >= 0.3 is 5.37 Å². The minimum Gasteiger partial charge on any atom is -0.329 e. The van der Waals surface area contributed by atoms with Crippen LogP contribution in [0, 0.1) is 0 Å². The SMILES string of the molecule is O=C(Cl)N1CCC[C@@H](c2ccccc2)C1. The number of hydrogen-bond donors (Lipinski definition) is 0. The van der Waals surface area contributed by atoms with Crippen molar-refractivity contribution in [3.63, 3.8) is 0 Å². The normalized spacial score (nSPS) is 21.4. The molecule has 0 aromatic heterocycles. The van der Waals surface area contributed by atoms with Crippen LogP contribution >= 0.6 is 11.6 Å². The lowest BCUT2D eigenvalue weighted by atomic mass is 9.91. The summed E-state index contributed by atoms with van der Waals surface area (Å²) in [6, 6.07) is 10.3. The molecule has 1 saturated heterocycles. The van der Waals surface area contributed by atoms with Gasteiger partial charge in [-0.2, -0.15) is 0 Å². The molecule has 0 aliphatic carbocycles. The van der Waals surface area contributed by atoms with Gasteiger partial charge in [0.05, 0.1) is 0 Å². The first-order valence-corrected chi connectivity index (χ1v) is 5.64. The second-order valence-electron chi connectivity index (χ2n) is 3.95. The topological polar surface area (TPSA) is 20.3 Å². The highest BCUT2D eigenvalue weighted by molar-refractivity contribution is 6.62. The second-order valence-corrected chi connectivity index (χ2v) is 4.27. The predicted molar refractivity (Wildman–Crippen MR) is 61.2 cm³/mol. The fourth-order valence-corrected chi connectivity index (χ4v) is 2.29. The average molecular weight is 224 g/mol. The van der Waals surface area contributed by atoms with Crippen LogP contribution in [0.4, 0.5) is 4.79 Å². The number of benzene rings is 1. The van der Waals surface area contributed by atoms with Crippen LogP contribution in [0.5, 0.6) is 0 Å². The van der Waals surface area contributed by atoms with E-state index < -0.39 is 0 Å². The van der Waals surface area contributed by atoms with Crippen LogP contribution in [-0.4, -0.2) is 23.4 Å². The number of halogens is 1. The van der Waals surface area contributed by atoms with E-state index in [-0.39, 0.29) is 5.37 Å². The molecule has 3 heteroatoms. The highest BCUT2D eigenvalue weighted by Crippen LogP contribution is 2.27. The quantitative estimate of drug-likeness (QED) is 0.529. The van der Waals surface area contributed by atoms with E-state index in [0.717, 1.165) is 25.9 Å². The van der Waals surface area contributed by atoms with E-state index in [4.69, 9.17) is 11.6 Å². The molecule has 1 aromatic rings. The van der Waals surface area contributed by atoms with Crippen molar-refractivity contribution in [2.24, 2.45) is 0 Å². The summed E-state index contributed by atoms with van der Waals surface area (Å²) >= 11 is 5.50. The van der Waals surface area contributed by atoms with E-state index in [1.54, 1.807) is 4.90 Å². The Balaban J connectivity index is 2.08. The predicted octanol–water partition coefficient (Wildman–Crippen LogP) is 3.22. The summed E-state index contributed by atoms with van der Waals surface area (Å²) in [5.74, 6) is 0.447. The molecule has 1 atom stereocenters. The third kappa shape index (κ3) is 2.51. The van der Waals surface area contributed by atoms with Crippen LogP contribution in [0.2, 0.25) is 0 Å². The molecular formula is C12H14ClNO. The van der Waals surface area contributed by atoms with E-state index in [1.165, 1.54) is 5.56 Å². The summed E-state index contributed by atoms with van der Waals surface area (Å²) in [6.07, 6.45) is 2.18. The Morgan fingerprint density at radius 2 is 2.07 bits per heavy atom. The average Bonchev–Trinajstić information content (AvgIpc) is 2.30. The maximum Gasteiger partial charge on any atom is 0.316 e. The van der Waals surface area contributed by atoms with E-state index in [2.05, 4.69) is 12.1 Å². The van der Waals surface area contributed by atoms with Crippen LogP contribution in [0.25, 0.3) is 0 Å². The zero-order valence-electron chi connectivity index (χ0n) is 8.53. The van der Waals surface area contributed by atoms with E-state index in [0.29, 0.717) is 5.92 Å². The number of carbonyl (C=O) groups is 1. The van der Waals surface area contributed by atoms with Gasteiger partial charge in [0.1, 0.15) is 0 Å². The van der Waals surface area contributed by atoms with Gasteiger partial charge in [0.15, 0.2) is 0 Å². The maximum absolute atomic E-state index is 11.1. The molecule has 15 heavy (non-hydrogen) atoms. The van der Waals surface area contributed by atoms with Gasteiger partial charge in [-0.3, -0.25) is 4.79 Å². The van der Waals surface area contributed by atoms with Gasteiger partial charge in [-0.15, -0.1) is 0 Å². The number of piperidine rings is 1. The molecule has 1 heterocycles. The van der Waals surface area contributed by atoms with E-state index in [1.807, 2.05) is 18.2 Å². The zero-order chi connectivity index (χ0) is 10.7. The molecule has 2 nitrogen and oxygen atoms in total. The minimum absolute atomic E-state index is 0.323. The Bertz CT molecular complexity index is 339. The summed E-state index contributed by atoms with van der Waals surface area (Å²) in [7, 11) is 0. The lowest BCUT2D eigenvalue weighted by molar-refractivity contribution is 0.202. The van der Waals surface area contributed by atoms with Crippen LogP contribution in [0.15, 0.2) is 30.3 Å². The number of likely N-dealkylation sites (tertiary alicyclic amines) is 1. The Hall–Kier alpha value is -1.02. The number of amides is 1. The Labute approximate surface area is 94.8 Å². The molecule has 1 fully saturated rings. The molecule has 0 saturated carbocycles. The van der Waals surface area contributed by atoms with E-state index >= 15 is 0 Å². The fourth-order valence-electron chi connectivity index (χ4n) is 2.13. The van der Waals surface area contributed by atoms with Gasteiger partial charge in [-0.25, -0.2) is 0 Å². The van der Waals surface area contributed by atoms with Crippen molar-refractivity contribution in [1.29, 1.82) is 0 Å². The standard InChI is InChI=1S/C12H14ClNO/c13-12(15)14-8-4-7-11(9-14)10-5-2-1-3-6-10/h1-3,5-6,11H,4,7-9H2/t11-/m1/s1. The van der Waals surface area contributed by atoms with E-state index in [9.17, 15) is 4.79 Å². The van der Waals surface area contributed by atoms with Crippen molar-refractivity contribution < 1.29 is 4.79 Å². The molecule has 0 radical (unpaired) electrons. The molecule has 1 aliphatic rings. The highest BCUT2D eigenvalue weighted by Gasteiger charge is 2.23. The summed E-state index contributed by atoms with van der Waals surface area (Å²) in [6.45, 7) is 1.55. The summed E-state index contributed by atoms with van der Waals surface area (Å²) in [4.78, 5) is 12.8. The monoisotopic (exact) mass is 223 g/mol. The van der Waals surface area contributed by atoms with Crippen molar-refractivity contribution in [3.05, 3.63) is 35.9 Å². The van der Waals surface area contributed by atoms with Gasteiger partial charge in [-0.05, 0) is 30.0 Å². The summed E-state index contributed by atoms with van der Waals surface area (Å²) in [5, 5.41) is -0.323. The fraction of sp³-hybridized carbons (Fsp3) is 0.417. The van der Waals surface area contributed by atoms with Crippen molar-refractivity contribution in [1.82, 2.24) is 4.90 Å². The van der Waals surface area contributed by atoms with Crippen LogP contribution in [0.3, 0.4) is 0 Å². The van der Waals surface area contributed by atoms with Crippen LogP contribution < -0.4 is 0 Å². The number of rotatable bonds is 1. The number of carbonyl (C=O) groups excluding carboxylic acids is 1. The minimum atomic E-state index is -0.323. The smallest absolute Gasteiger partial charge is 0.316 e. The third-order valence-corrected chi connectivity index (χ3v) is 3.18. The van der Waals surface area contributed by atoms with Gasteiger partial charge in [0.2, 0.25) is 0 Å². The number of nitrogens with zero attached hydrogens (tertiary/aromatic N) is 1. The molecule has 2 rings (SSSR count). The van der Waals surface area contributed by atoms with Crippen LogP contribution in [-0.2, 0) is 0 Å². The summed E-state index contributed by atoms with van der Waals surface area (Å²) < 4.78 is 0. The Morgan fingerprint density at radius 3 is 2.73 bits per heavy atom. The molecule has 1 aliphatic heterocycles. The lowest BCUT2D eigenvalue weighted by Crippen LogP contribution is -2.35. The number of hydrogen-bond acceptors (Lipinski definition) is 1. The first kappa shape index (κ1) is 10.5. The Kier molecular flexibility index (Phi) is 3.27. The molecule has 0 N–H and O–H groups in total. The Morgan fingerprint density at radius 1 is 1.33 bits per heavy atom. The first-order chi connectivity index (χ1) is 7.27. The van der Waals surface area contributed by atoms with Crippen LogP contribution in [0.1, 0.15) is 24.3 Å². The molecule has 1 amide bonds. The first-order valence-electron chi connectivity index (χ1n) is 5.27. The largest absolute Gasteiger partial charge is 0.329 e. The molecule has 0 bridgehead atoms. The highest BCUT2D eigenvalue weighted by atomic mass is 35.5. The van der Waals surface area contributed by atoms with Crippen molar-refractivity contribution >= 4 is 17.0 Å². The lowest BCUT2D eigenvalue weighted by Gasteiger charge is -2.31. The molecule has 1 aromatic carbocycles. The van der Waals surface area contributed by atoms with Crippen molar-refractivity contribution in [2.75, 3.05) is 13.1 Å². The molecule has 0 spiro atoms. The molecular weight excluding hydrogens is 210 g/mol.